The number of halogens is 1. The third-order valence-corrected chi connectivity index (χ3v) is 3.31. The second kappa shape index (κ2) is 8.19. The summed E-state index contributed by atoms with van der Waals surface area (Å²) in [7, 11) is 0. The zero-order chi connectivity index (χ0) is 15.8. The molecule has 0 spiro atoms. The summed E-state index contributed by atoms with van der Waals surface area (Å²) in [5.41, 5.74) is 1.29. The largest absolute Gasteiger partial charge is 0.350 e. The fourth-order valence-corrected chi connectivity index (χ4v) is 2.18. The first-order chi connectivity index (χ1) is 10.6. The Balaban J connectivity index is 1.68. The van der Waals surface area contributed by atoms with E-state index in [1.54, 1.807) is 36.4 Å². The molecule has 0 saturated carbocycles. The molecule has 3 N–H and O–H groups in total. The van der Waals surface area contributed by atoms with Gasteiger partial charge in [0, 0.05) is 28.8 Å². The van der Waals surface area contributed by atoms with Crippen LogP contribution in [0.1, 0.15) is 10.4 Å². The zero-order valence-electron chi connectivity index (χ0n) is 11.8. The molecule has 0 aliphatic rings. The van der Waals surface area contributed by atoms with Gasteiger partial charge in [0.25, 0.3) is 5.91 Å². The van der Waals surface area contributed by atoms with Gasteiger partial charge in [-0.3, -0.25) is 4.79 Å². The van der Waals surface area contributed by atoms with Crippen molar-refractivity contribution in [1.82, 2.24) is 10.6 Å². The van der Waals surface area contributed by atoms with E-state index in [1.165, 1.54) is 0 Å². The number of benzene rings is 2. The number of rotatable bonds is 5. The van der Waals surface area contributed by atoms with Crippen molar-refractivity contribution in [1.29, 1.82) is 0 Å². The third kappa shape index (κ3) is 5.21. The fraction of sp³-hybridized carbons (Fsp3) is 0.125. The van der Waals surface area contributed by atoms with E-state index in [1.807, 2.05) is 18.2 Å². The van der Waals surface area contributed by atoms with E-state index in [2.05, 4.69) is 31.9 Å². The Morgan fingerprint density at radius 2 is 1.64 bits per heavy atom. The SMILES string of the molecule is O=C(NCCNC(=O)c1ccccc1)Nc1cccc(Br)c1. The van der Waals surface area contributed by atoms with Crippen LogP contribution in [0.4, 0.5) is 10.5 Å². The lowest BCUT2D eigenvalue weighted by molar-refractivity contribution is 0.0954. The van der Waals surface area contributed by atoms with Crippen molar-refractivity contribution in [2.24, 2.45) is 0 Å². The molecule has 0 aliphatic heterocycles. The van der Waals surface area contributed by atoms with E-state index in [9.17, 15) is 9.59 Å². The molecular formula is C16H16BrN3O2. The summed E-state index contributed by atoms with van der Waals surface area (Å²) in [6.07, 6.45) is 0. The summed E-state index contributed by atoms with van der Waals surface area (Å²) in [5, 5.41) is 8.13. The molecule has 0 aliphatic carbocycles. The number of carbonyl (C=O) groups is 2. The van der Waals surface area contributed by atoms with Gasteiger partial charge in [-0.2, -0.15) is 0 Å². The van der Waals surface area contributed by atoms with Crippen LogP contribution in [0, 0.1) is 0 Å². The highest BCUT2D eigenvalue weighted by Crippen LogP contribution is 2.15. The number of amides is 3. The van der Waals surface area contributed by atoms with Crippen LogP contribution in [-0.2, 0) is 0 Å². The van der Waals surface area contributed by atoms with Gasteiger partial charge in [-0.05, 0) is 30.3 Å². The average molecular weight is 362 g/mol. The van der Waals surface area contributed by atoms with E-state index in [4.69, 9.17) is 0 Å². The van der Waals surface area contributed by atoms with Gasteiger partial charge in [0.05, 0.1) is 0 Å². The smallest absolute Gasteiger partial charge is 0.319 e. The maximum atomic E-state index is 11.8. The second-order valence-corrected chi connectivity index (χ2v) is 5.43. The van der Waals surface area contributed by atoms with Gasteiger partial charge >= 0.3 is 6.03 Å². The number of hydrogen-bond acceptors (Lipinski definition) is 2. The number of anilines is 1. The highest BCUT2D eigenvalue weighted by molar-refractivity contribution is 9.10. The summed E-state index contributed by atoms with van der Waals surface area (Å²) in [5.74, 6) is -0.158. The van der Waals surface area contributed by atoms with Gasteiger partial charge in [0.15, 0.2) is 0 Å². The van der Waals surface area contributed by atoms with Crippen LogP contribution in [0.25, 0.3) is 0 Å². The van der Waals surface area contributed by atoms with Crippen molar-refractivity contribution in [2.45, 2.75) is 0 Å². The fourth-order valence-electron chi connectivity index (χ4n) is 1.79. The summed E-state index contributed by atoms with van der Waals surface area (Å²) in [6, 6.07) is 15.9. The van der Waals surface area contributed by atoms with Crippen molar-refractivity contribution >= 4 is 33.6 Å². The molecule has 0 fully saturated rings. The lowest BCUT2D eigenvalue weighted by Gasteiger charge is -2.09. The topological polar surface area (TPSA) is 70.2 Å². The van der Waals surface area contributed by atoms with Crippen LogP contribution in [0.3, 0.4) is 0 Å². The minimum absolute atomic E-state index is 0.158. The molecule has 0 aromatic heterocycles. The monoisotopic (exact) mass is 361 g/mol. The molecule has 0 unspecified atom stereocenters. The van der Waals surface area contributed by atoms with E-state index in [0.29, 0.717) is 24.3 Å². The normalized spacial score (nSPS) is 9.86. The van der Waals surface area contributed by atoms with Crippen LogP contribution in [-0.4, -0.2) is 25.0 Å². The third-order valence-electron chi connectivity index (χ3n) is 2.81. The molecule has 0 atom stereocenters. The Morgan fingerprint density at radius 3 is 2.36 bits per heavy atom. The van der Waals surface area contributed by atoms with Gasteiger partial charge in [0.1, 0.15) is 0 Å². The molecule has 0 bridgehead atoms. The summed E-state index contributed by atoms with van der Waals surface area (Å²) < 4.78 is 0.889. The number of hydrogen-bond donors (Lipinski definition) is 3. The molecular weight excluding hydrogens is 346 g/mol. The Morgan fingerprint density at radius 1 is 0.909 bits per heavy atom. The standard InChI is InChI=1S/C16H16BrN3O2/c17-13-7-4-8-14(11-13)20-16(22)19-10-9-18-15(21)12-5-2-1-3-6-12/h1-8,11H,9-10H2,(H,18,21)(H2,19,20,22). The molecule has 22 heavy (non-hydrogen) atoms. The quantitative estimate of drug-likeness (QED) is 0.716. The molecule has 0 radical (unpaired) electrons. The van der Waals surface area contributed by atoms with Gasteiger partial charge in [0.2, 0.25) is 0 Å². The second-order valence-electron chi connectivity index (χ2n) is 4.51. The minimum Gasteiger partial charge on any atom is -0.350 e. The highest BCUT2D eigenvalue weighted by atomic mass is 79.9. The van der Waals surface area contributed by atoms with Gasteiger partial charge in [-0.15, -0.1) is 0 Å². The summed E-state index contributed by atoms with van der Waals surface area (Å²) >= 11 is 3.33. The van der Waals surface area contributed by atoms with Crippen molar-refractivity contribution < 1.29 is 9.59 Å². The van der Waals surface area contributed by atoms with E-state index < -0.39 is 0 Å². The van der Waals surface area contributed by atoms with E-state index >= 15 is 0 Å². The predicted molar refractivity (Wildman–Crippen MR) is 89.9 cm³/mol. The first kappa shape index (κ1) is 16.0. The lowest BCUT2D eigenvalue weighted by atomic mass is 10.2. The summed E-state index contributed by atoms with van der Waals surface area (Å²) in [6.45, 7) is 0.706. The minimum atomic E-state index is -0.313. The molecule has 114 valence electrons. The maximum absolute atomic E-state index is 11.8. The predicted octanol–water partition coefficient (Wildman–Crippen LogP) is 3.00. The molecule has 2 aromatic carbocycles. The van der Waals surface area contributed by atoms with Crippen LogP contribution in [0.15, 0.2) is 59.1 Å². The molecule has 5 nitrogen and oxygen atoms in total. The highest BCUT2D eigenvalue weighted by Gasteiger charge is 2.04. The zero-order valence-corrected chi connectivity index (χ0v) is 13.4. The van der Waals surface area contributed by atoms with Crippen molar-refractivity contribution in [2.75, 3.05) is 18.4 Å². The van der Waals surface area contributed by atoms with E-state index in [-0.39, 0.29) is 11.9 Å². The molecule has 3 amide bonds. The number of nitrogens with one attached hydrogen (secondary N) is 3. The Labute approximate surface area is 137 Å². The summed E-state index contributed by atoms with van der Waals surface area (Å²) in [4.78, 5) is 23.5. The Bertz CT molecular complexity index is 647. The number of urea groups is 1. The van der Waals surface area contributed by atoms with Gasteiger partial charge in [-0.1, -0.05) is 40.2 Å². The molecule has 6 heteroatoms. The molecule has 2 rings (SSSR count). The van der Waals surface area contributed by atoms with Crippen LogP contribution in [0.2, 0.25) is 0 Å². The average Bonchev–Trinajstić information content (AvgIpc) is 2.52. The van der Waals surface area contributed by atoms with Crippen LogP contribution >= 0.6 is 15.9 Å². The van der Waals surface area contributed by atoms with Gasteiger partial charge in [-0.25, -0.2) is 4.79 Å². The molecule has 0 saturated heterocycles. The van der Waals surface area contributed by atoms with Gasteiger partial charge < -0.3 is 16.0 Å². The van der Waals surface area contributed by atoms with Crippen LogP contribution < -0.4 is 16.0 Å². The van der Waals surface area contributed by atoms with E-state index in [0.717, 1.165) is 4.47 Å². The lowest BCUT2D eigenvalue weighted by Crippen LogP contribution is -2.36. The Hall–Kier alpha value is -2.34. The Kier molecular flexibility index (Phi) is 5.97. The van der Waals surface area contributed by atoms with Crippen LogP contribution in [0.5, 0.6) is 0 Å². The first-order valence-electron chi connectivity index (χ1n) is 6.79. The number of carbonyl (C=O) groups excluding carboxylic acids is 2. The van der Waals surface area contributed by atoms with Crippen molar-refractivity contribution in [3.8, 4) is 0 Å². The maximum Gasteiger partial charge on any atom is 0.319 e. The molecule has 0 heterocycles. The van der Waals surface area contributed by atoms with Crippen molar-refractivity contribution in [3.63, 3.8) is 0 Å². The molecule has 2 aromatic rings. The first-order valence-corrected chi connectivity index (χ1v) is 7.58. The van der Waals surface area contributed by atoms with Crippen molar-refractivity contribution in [3.05, 3.63) is 64.6 Å².